The largest absolute Gasteiger partial charge is 0.393 e. The molecule has 130 valence electrons. The molecule has 0 heterocycles. The van der Waals surface area contributed by atoms with Gasteiger partial charge in [-0.3, -0.25) is 4.79 Å². The van der Waals surface area contributed by atoms with Crippen LogP contribution in [0, 0.1) is 39.9 Å². The normalized spacial score (nSPS) is 61.1. The van der Waals surface area contributed by atoms with Gasteiger partial charge in [-0.1, -0.05) is 34.6 Å². The molecule has 0 bridgehead atoms. The third kappa shape index (κ3) is 1.71. The van der Waals surface area contributed by atoms with E-state index in [4.69, 9.17) is 0 Å². The summed E-state index contributed by atoms with van der Waals surface area (Å²) in [5.41, 5.74) is -1.17. The van der Waals surface area contributed by atoms with Crippen molar-refractivity contribution in [3.8, 4) is 0 Å². The molecule has 8 unspecified atom stereocenters. The van der Waals surface area contributed by atoms with Crippen molar-refractivity contribution in [2.45, 2.75) is 78.4 Å². The Morgan fingerprint density at radius 3 is 2.39 bits per heavy atom. The van der Waals surface area contributed by atoms with Gasteiger partial charge < -0.3 is 10.2 Å². The first-order valence-electron chi connectivity index (χ1n) is 9.43. The SMILES string of the molecule is CC(C)C1(O)CCC2(C)CC(O)C3(C)CC(=O)C4(C)CC4C3C21. The fraction of sp³-hybridized carbons (Fsp3) is 0.950. The lowest BCUT2D eigenvalue weighted by atomic mass is 9.46. The van der Waals surface area contributed by atoms with Gasteiger partial charge in [-0.2, -0.15) is 0 Å². The van der Waals surface area contributed by atoms with E-state index in [1.807, 2.05) is 0 Å². The van der Waals surface area contributed by atoms with Crippen LogP contribution >= 0.6 is 0 Å². The van der Waals surface area contributed by atoms with Gasteiger partial charge in [-0.05, 0) is 54.8 Å². The lowest BCUT2D eigenvalue weighted by Gasteiger charge is -2.60. The average molecular weight is 320 g/mol. The monoisotopic (exact) mass is 320 g/mol. The molecule has 3 nitrogen and oxygen atoms in total. The number of carbonyl (C=O) groups is 1. The molecule has 0 aromatic heterocycles. The minimum absolute atomic E-state index is 0.00645. The maximum absolute atomic E-state index is 12.7. The third-order valence-electron chi connectivity index (χ3n) is 8.84. The molecule has 4 aliphatic rings. The fourth-order valence-electron chi connectivity index (χ4n) is 7.02. The summed E-state index contributed by atoms with van der Waals surface area (Å²) in [6.45, 7) is 10.8. The predicted octanol–water partition coefficient (Wildman–Crippen LogP) is 3.18. The van der Waals surface area contributed by atoms with Crippen molar-refractivity contribution < 1.29 is 15.0 Å². The Morgan fingerprint density at radius 1 is 1.13 bits per heavy atom. The first-order chi connectivity index (χ1) is 10.5. The second-order valence-electron chi connectivity index (χ2n) is 10.4. The van der Waals surface area contributed by atoms with Crippen molar-refractivity contribution in [1.29, 1.82) is 0 Å². The van der Waals surface area contributed by atoms with Crippen LogP contribution in [0.4, 0.5) is 0 Å². The summed E-state index contributed by atoms with van der Waals surface area (Å²) >= 11 is 0. The van der Waals surface area contributed by atoms with Crippen molar-refractivity contribution in [1.82, 2.24) is 0 Å². The van der Waals surface area contributed by atoms with Gasteiger partial charge in [0.2, 0.25) is 0 Å². The standard InChI is InChI=1S/C20H32O3/c1-11(2)20(23)7-6-17(3)9-13(21)19(5)10-14(22)18(4)8-12(18)15(19)16(17)20/h11-13,15-16,21,23H,6-10H2,1-5H3. The van der Waals surface area contributed by atoms with Crippen molar-refractivity contribution in [2.24, 2.45) is 39.9 Å². The molecule has 2 N–H and O–H groups in total. The number of rotatable bonds is 1. The summed E-state index contributed by atoms with van der Waals surface area (Å²) < 4.78 is 0. The smallest absolute Gasteiger partial charge is 0.139 e. The van der Waals surface area contributed by atoms with Gasteiger partial charge in [0.1, 0.15) is 5.78 Å². The van der Waals surface area contributed by atoms with E-state index in [-0.39, 0.29) is 34.0 Å². The van der Waals surface area contributed by atoms with Crippen molar-refractivity contribution >= 4 is 5.78 Å². The van der Waals surface area contributed by atoms with E-state index in [0.29, 0.717) is 18.1 Å². The van der Waals surface area contributed by atoms with Crippen LogP contribution in [0.25, 0.3) is 0 Å². The summed E-state index contributed by atoms with van der Waals surface area (Å²) in [7, 11) is 0. The molecular weight excluding hydrogens is 288 g/mol. The predicted molar refractivity (Wildman–Crippen MR) is 88.7 cm³/mol. The Bertz CT molecular complexity index is 571. The average Bonchev–Trinajstić information content (AvgIpc) is 3.05. The lowest BCUT2D eigenvalue weighted by molar-refractivity contribution is -0.197. The Hall–Kier alpha value is -0.410. The molecule has 0 saturated heterocycles. The quantitative estimate of drug-likeness (QED) is 0.780. The molecule has 0 spiro atoms. The van der Waals surface area contributed by atoms with Crippen LogP contribution in [0.1, 0.15) is 66.7 Å². The van der Waals surface area contributed by atoms with Crippen LogP contribution in [0.5, 0.6) is 0 Å². The zero-order valence-corrected chi connectivity index (χ0v) is 15.2. The Morgan fingerprint density at radius 2 is 1.78 bits per heavy atom. The van der Waals surface area contributed by atoms with Crippen LogP contribution < -0.4 is 0 Å². The minimum atomic E-state index is -0.648. The molecule has 0 aliphatic heterocycles. The molecule has 8 atom stereocenters. The molecular formula is C20H32O3. The minimum Gasteiger partial charge on any atom is -0.393 e. The van der Waals surface area contributed by atoms with Gasteiger partial charge in [0.15, 0.2) is 0 Å². The van der Waals surface area contributed by atoms with E-state index in [2.05, 4.69) is 34.6 Å². The highest BCUT2D eigenvalue weighted by Gasteiger charge is 2.75. The summed E-state index contributed by atoms with van der Waals surface area (Å²) in [4.78, 5) is 12.7. The number of ketones is 1. The van der Waals surface area contributed by atoms with Crippen LogP contribution in [0.2, 0.25) is 0 Å². The fourth-order valence-corrected chi connectivity index (χ4v) is 7.02. The topological polar surface area (TPSA) is 57.5 Å². The number of fused-ring (bicyclic) bond motifs is 5. The van der Waals surface area contributed by atoms with Crippen LogP contribution in [0.15, 0.2) is 0 Å². The van der Waals surface area contributed by atoms with Gasteiger partial charge in [0, 0.05) is 17.3 Å². The second kappa shape index (κ2) is 4.22. The van der Waals surface area contributed by atoms with Crippen molar-refractivity contribution in [3.63, 3.8) is 0 Å². The summed E-state index contributed by atoms with van der Waals surface area (Å²) in [5.74, 6) is 1.40. The second-order valence-corrected chi connectivity index (χ2v) is 10.4. The van der Waals surface area contributed by atoms with E-state index in [9.17, 15) is 15.0 Å². The highest BCUT2D eigenvalue weighted by atomic mass is 16.3. The number of aliphatic hydroxyl groups excluding tert-OH is 1. The van der Waals surface area contributed by atoms with E-state index in [0.717, 1.165) is 25.7 Å². The Balaban J connectivity index is 1.85. The molecule has 4 rings (SSSR count). The van der Waals surface area contributed by atoms with Gasteiger partial charge in [-0.25, -0.2) is 0 Å². The Kier molecular flexibility index (Phi) is 2.95. The molecule has 23 heavy (non-hydrogen) atoms. The van der Waals surface area contributed by atoms with Crippen LogP contribution in [-0.2, 0) is 4.79 Å². The maximum Gasteiger partial charge on any atom is 0.139 e. The van der Waals surface area contributed by atoms with Gasteiger partial charge in [0.25, 0.3) is 0 Å². The van der Waals surface area contributed by atoms with Gasteiger partial charge in [-0.15, -0.1) is 0 Å². The highest BCUT2D eigenvalue weighted by Crippen LogP contribution is 2.75. The molecule has 3 heteroatoms. The first kappa shape index (κ1) is 16.1. The summed E-state index contributed by atoms with van der Waals surface area (Å²) in [5, 5.41) is 22.6. The number of hydrogen-bond acceptors (Lipinski definition) is 3. The molecule has 0 amide bonds. The van der Waals surface area contributed by atoms with E-state index in [1.54, 1.807) is 0 Å². The van der Waals surface area contributed by atoms with Crippen LogP contribution in [0.3, 0.4) is 0 Å². The zero-order chi connectivity index (χ0) is 17.0. The lowest BCUT2D eigenvalue weighted by Crippen LogP contribution is -2.62. The van der Waals surface area contributed by atoms with E-state index < -0.39 is 11.7 Å². The van der Waals surface area contributed by atoms with E-state index >= 15 is 0 Å². The number of aliphatic hydroxyl groups is 2. The van der Waals surface area contributed by atoms with Gasteiger partial charge in [0.05, 0.1) is 11.7 Å². The Labute approximate surface area is 139 Å². The molecule has 0 aromatic carbocycles. The molecule has 4 saturated carbocycles. The molecule has 0 aromatic rings. The third-order valence-corrected chi connectivity index (χ3v) is 8.84. The summed E-state index contributed by atoms with van der Waals surface area (Å²) in [6.07, 6.45) is 3.59. The maximum atomic E-state index is 12.7. The number of hydrogen-bond donors (Lipinski definition) is 2. The number of Topliss-reactive ketones (excluding diaryl/α,β-unsaturated/α-hetero) is 1. The highest BCUT2D eigenvalue weighted by molar-refractivity contribution is 5.89. The summed E-state index contributed by atoms with van der Waals surface area (Å²) in [6, 6.07) is 0. The van der Waals surface area contributed by atoms with E-state index in [1.165, 1.54) is 0 Å². The molecule has 4 aliphatic carbocycles. The molecule has 4 fully saturated rings. The van der Waals surface area contributed by atoms with Gasteiger partial charge >= 0.3 is 0 Å². The van der Waals surface area contributed by atoms with Crippen LogP contribution in [-0.4, -0.2) is 27.7 Å². The number of carbonyl (C=O) groups excluding carboxylic acids is 1. The first-order valence-corrected chi connectivity index (χ1v) is 9.43. The van der Waals surface area contributed by atoms with Crippen molar-refractivity contribution in [3.05, 3.63) is 0 Å². The zero-order valence-electron chi connectivity index (χ0n) is 15.2. The molecule has 0 radical (unpaired) electrons. The van der Waals surface area contributed by atoms with Crippen molar-refractivity contribution in [2.75, 3.05) is 0 Å².